The number of hydrogen-bond acceptors (Lipinski definition) is 3. The lowest BCUT2D eigenvalue weighted by atomic mass is 10.0. The Morgan fingerprint density at radius 2 is 0.507 bits per heavy atom. The molecule has 0 unspecified atom stereocenters. The molecule has 0 aliphatic heterocycles. The molecule has 14 rings (SSSR count). The molecule has 0 aliphatic carbocycles. The van der Waals surface area contributed by atoms with Gasteiger partial charge in [-0.1, -0.05) is 164 Å². The molecule has 0 radical (unpaired) electrons. The van der Waals surface area contributed by atoms with E-state index in [4.69, 9.17) is 15.0 Å². The number of para-hydroxylation sites is 4. The van der Waals surface area contributed by atoms with Crippen LogP contribution in [0, 0.1) is 0 Å². The van der Waals surface area contributed by atoms with Gasteiger partial charge in [0.2, 0.25) is 0 Å². The van der Waals surface area contributed by atoms with Gasteiger partial charge in [0.05, 0.1) is 33.1 Å². The maximum atomic E-state index is 4.99. The molecule has 0 N–H and O–H groups in total. The number of fused-ring (bicyclic) bond motifs is 9. The topological polar surface area (TPSA) is 53.5 Å². The highest BCUT2D eigenvalue weighted by atomic mass is 15.0. The van der Waals surface area contributed by atoms with Crippen molar-refractivity contribution in [2.24, 2.45) is 0 Å². The van der Waals surface area contributed by atoms with Crippen molar-refractivity contribution in [3.63, 3.8) is 0 Å². The first-order valence-electron chi connectivity index (χ1n) is 23.4. The van der Waals surface area contributed by atoms with E-state index in [0.29, 0.717) is 17.5 Å². The summed E-state index contributed by atoms with van der Waals surface area (Å²) in [6.45, 7) is 0. The van der Waals surface area contributed by atoms with E-state index in [9.17, 15) is 0 Å². The van der Waals surface area contributed by atoms with Crippen molar-refractivity contribution in [3.05, 3.63) is 243 Å². The van der Waals surface area contributed by atoms with Crippen LogP contribution < -0.4 is 0 Å². The van der Waals surface area contributed by atoms with Gasteiger partial charge in [-0.2, -0.15) is 0 Å². The Bertz CT molecular complexity index is 4170. The van der Waals surface area contributed by atoms with Gasteiger partial charge in [-0.15, -0.1) is 0 Å². The van der Waals surface area contributed by atoms with Crippen molar-refractivity contribution in [2.45, 2.75) is 0 Å². The second-order valence-corrected chi connectivity index (χ2v) is 17.6. The number of hydrogen-bond donors (Lipinski definition) is 0. The lowest BCUT2D eigenvalue weighted by Crippen LogP contribution is -2.00. The summed E-state index contributed by atoms with van der Waals surface area (Å²) in [6, 6.07) is 86.5. The summed E-state index contributed by atoms with van der Waals surface area (Å²) in [4.78, 5) is 14.9. The van der Waals surface area contributed by atoms with Crippen molar-refractivity contribution in [1.29, 1.82) is 0 Å². The molecule has 6 heteroatoms. The van der Waals surface area contributed by atoms with E-state index in [2.05, 4.69) is 196 Å². The standard InChI is InChI=1S/C63H40N6/c1-3-15-42(16-4-1)61-64-62(43-17-5-2-6-18-43)66-63(65-61)44-29-34-47(35-30-44)67-55-23-11-9-21-51(55)53-37-31-45(39-59(53)67)41-27-32-46(33-28-41)68-56-24-12-10-22-52(56)54-38-36-48(40-60(54)68)69-57-25-13-7-19-49(57)50-20-8-14-26-58(50)69/h1-40H. The molecule has 6 nitrogen and oxygen atoms in total. The summed E-state index contributed by atoms with van der Waals surface area (Å²) in [7, 11) is 0. The predicted octanol–water partition coefficient (Wildman–Crippen LogP) is 15.8. The van der Waals surface area contributed by atoms with Crippen LogP contribution in [-0.4, -0.2) is 28.7 Å². The highest BCUT2D eigenvalue weighted by Crippen LogP contribution is 2.39. The fourth-order valence-corrected chi connectivity index (χ4v) is 10.5. The molecule has 69 heavy (non-hydrogen) atoms. The summed E-state index contributed by atoms with van der Waals surface area (Å²) in [5.41, 5.74) is 15.5. The molecular formula is C63H40N6. The molecule has 0 fully saturated rings. The number of aromatic nitrogens is 6. The van der Waals surface area contributed by atoms with Gasteiger partial charge in [0.25, 0.3) is 0 Å². The first-order valence-corrected chi connectivity index (χ1v) is 23.4. The summed E-state index contributed by atoms with van der Waals surface area (Å²) in [5.74, 6) is 1.92. The Morgan fingerprint density at radius 3 is 0.957 bits per heavy atom. The minimum absolute atomic E-state index is 0.631. The van der Waals surface area contributed by atoms with Crippen LogP contribution in [0.2, 0.25) is 0 Å². The molecule has 4 aromatic heterocycles. The van der Waals surface area contributed by atoms with E-state index in [0.717, 1.165) is 55.9 Å². The van der Waals surface area contributed by atoms with Crippen molar-refractivity contribution >= 4 is 65.4 Å². The van der Waals surface area contributed by atoms with Crippen molar-refractivity contribution in [2.75, 3.05) is 0 Å². The quantitative estimate of drug-likeness (QED) is 0.160. The molecule has 0 atom stereocenters. The molecule has 322 valence electrons. The number of nitrogens with zero attached hydrogens (tertiary/aromatic N) is 6. The van der Waals surface area contributed by atoms with E-state index in [1.807, 2.05) is 60.7 Å². The Kier molecular flexibility index (Phi) is 8.79. The summed E-state index contributed by atoms with van der Waals surface area (Å²) < 4.78 is 7.19. The van der Waals surface area contributed by atoms with Crippen LogP contribution in [0.5, 0.6) is 0 Å². The maximum absolute atomic E-state index is 4.99. The molecule has 0 saturated carbocycles. The molecule has 4 heterocycles. The first-order chi connectivity index (χ1) is 34.2. The lowest BCUT2D eigenvalue weighted by Gasteiger charge is -2.12. The fourth-order valence-electron chi connectivity index (χ4n) is 10.5. The zero-order valence-electron chi connectivity index (χ0n) is 37.3. The van der Waals surface area contributed by atoms with E-state index in [1.54, 1.807) is 0 Å². The second-order valence-electron chi connectivity index (χ2n) is 17.6. The molecule has 0 aliphatic rings. The average molecular weight is 881 g/mol. The monoisotopic (exact) mass is 880 g/mol. The Morgan fingerprint density at radius 1 is 0.203 bits per heavy atom. The summed E-state index contributed by atoms with van der Waals surface area (Å²) in [6.07, 6.45) is 0. The second kappa shape index (κ2) is 15.6. The van der Waals surface area contributed by atoms with Crippen LogP contribution in [0.3, 0.4) is 0 Å². The minimum atomic E-state index is 0.631. The van der Waals surface area contributed by atoms with E-state index in [1.165, 1.54) is 54.4 Å². The smallest absolute Gasteiger partial charge is 0.164 e. The van der Waals surface area contributed by atoms with Gasteiger partial charge in [0, 0.05) is 66.1 Å². The fraction of sp³-hybridized carbons (Fsp3) is 0. The zero-order chi connectivity index (χ0) is 45.4. The van der Waals surface area contributed by atoms with Gasteiger partial charge in [-0.25, -0.2) is 15.0 Å². The molecule has 0 spiro atoms. The number of benzene rings is 10. The van der Waals surface area contributed by atoms with Gasteiger partial charge in [0.1, 0.15) is 0 Å². The largest absolute Gasteiger partial charge is 0.309 e. The van der Waals surface area contributed by atoms with Crippen LogP contribution in [-0.2, 0) is 0 Å². The Labute approximate surface area is 397 Å². The third-order valence-corrected chi connectivity index (χ3v) is 13.7. The van der Waals surface area contributed by atoms with Gasteiger partial charge in [0.15, 0.2) is 17.5 Å². The summed E-state index contributed by atoms with van der Waals surface area (Å²) in [5, 5.41) is 7.39. The molecule has 0 saturated heterocycles. The van der Waals surface area contributed by atoms with Crippen LogP contribution >= 0.6 is 0 Å². The van der Waals surface area contributed by atoms with Crippen molar-refractivity contribution in [1.82, 2.24) is 28.7 Å². The van der Waals surface area contributed by atoms with Gasteiger partial charge in [-0.05, 0) is 90.0 Å². The molecule has 14 aromatic rings. The molecule has 0 amide bonds. The van der Waals surface area contributed by atoms with Gasteiger partial charge >= 0.3 is 0 Å². The molecule has 0 bridgehead atoms. The SMILES string of the molecule is c1ccc(-c2nc(-c3ccccc3)nc(-c3ccc(-n4c5ccccc5c5ccc(-c6ccc(-n7c8ccccc8c8ccc(-n9c%10ccccc%10c%10ccccc%109)cc87)cc6)cc54)cc3)n2)cc1. The van der Waals surface area contributed by atoms with Crippen molar-refractivity contribution in [3.8, 4) is 62.4 Å². The summed E-state index contributed by atoms with van der Waals surface area (Å²) >= 11 is 0. The average Bonchev–Trinajstić information content (AvgIpc) is 4.06. The van der Waals surface area contributed by atoms with Crippen molar-refractivity contribution < 1.29 is 0 Å². The molecular weight excluding hydrogens is 841 g/mol. The van der Waals surface area contributed by atoms with E-state index in [-0.39, 0.29) is 0 Å². The number of rotatable bonds is 7. The van der Waals surface area contributed by atoms with Crippen LogP contribution in [0.15, 0.2) is 243 Å². The van der Waals surface area contributed by atoms with E-state index >= 15 is 0 Å². The van der Waals surface area contributed by atoms with E-state index < -0.39 is 0 Å². The first kappa shape index (κ1) is 38.8. The van der Waals surface area contributed by atoms with Crippen LogP contribution in [0.25, 0.3) is 128 Å². The van der Waals surface area contributed by atoms with Crippen LogP contribution in [0.1, 0.15) is 0 Å². The lowest BCUT2D eigenvalue weighted by molar-refractivity contribution is 1.07. The third-order valence-electron chi connectivity index (χ3n) is 13.7. The van der Waals surface area contributed by atoms with Gasteiger partial charge < -0.3 is 13.7 Å². The highest BCUT2D eigenvalue weighted by molar-refractivity contribution is 6.13. The third kappa shape index (κ3) is 6.30. The maximum Gasteiger partial charge on any atom is 0.164 e. The highest BCUT2D eigenvalue weighted by Gasteiger charge is 2.19. The Hall–Kier alpha value is -9.39. The van der Waals surface area contributed by atoms with Gasteiger partial charge in [-0.3, -0.25) is 0 Å². The Balaban J connectivity index is 0.855. The predicted molar refractivity (Wildman–Crippen MR) is 285 cm³/mol. The van der Waals surface area contributed by atoms with Crippen LogP contribution in [0.4, 0.5) is 0 Å². The molecule has 10 aromatic carbocycles. The zero-order valence-corrected chi connectivity index (χ0v) is 37.3. The minimum Gasteiger partial charge on any atom is -0.309 e. The normalized spacial score (nSPS) is 11.8.